The summed E-state index contributed by atoms with van der Waals surface area (Å²) < 4.78 is 1.91. The molecular weight excluding hydrogens is 352 g/mol. The van der Waals surface area contributed by atoms with Crippen LogP contribution >= 0.6 is 27.3 Å². The van der Waals surface area contributed by atoms with Crippen LogP contribution in [0.4, 0.5) is 5.69 Å². The monoisotopic (exact) mass is 368 g/mol. The maximum atomic E-state index is 12.8. The van der Waals surface area contributed by atoms with Gasteiger partial charge in [0.25, 0.3) is 5.91 Å². The molecule has 0 radical (unpaired) electrons. The third kappa shape index (κ3) is 2.56. The Balaban J connectivity index is 2.00. The zero-order valence-corrected chi connectivity index (χ0v) is 13.9. The van der Waals surface area contributed by atoms with Crippen LogP contribution in [0.15, 0.2) is 22.7 Å². The first kappa shape index (κ1) is 14.8. The van der Waals surface area contributed by atoms with E-state index >= 15 is 0 Å². The van der Waals surface area contributed by atoms with Gasteiger partial charge in [-0.1, -0.05) is 22.0 Å². The van der Waals surface area contributed by atoms with Gasteiger partial charge in [-0.25, -0.2) is 0 Å². The van der Waals surface area contributed by atoms with E-state index < -0.39 is 0 Å². The number of anilines is 1. The highest BCUT2D eigenvalue weighted by Gasteiger charge is 2.31. The number of carbonyl (C=O) groups is 1. The molecule has 1 aliphatic rings. The minimum atomic E-state index is -0.0562. The first-order valence-electron chi connectivity index (χ1n) is 7.01. The number of rotatable bonds is 4. The van der Waals surface area contributed by atoms with E-state index in [2.05, 4.69) is 15.9 Å². The minimum absolute atomic E-state index is 0.0171. The zero-order chi connectivity index (χ0) is 15.0. The van der Waals surface area contributed by atoms with Crippen LogP contribution in [0.2, 0.25) is 0 Å². The number of hydrogen-bond acceptors (Lipinski definition) is 4. The summed E-state index contributed by atoms with van der Waals surface area (Å²) in [6, 6.07) is 6.08. The van der Waals surface area contributed by atoms with E-state index in [-0.39, 0.29) is 18.6 Å². The number of aliphatic hydroxyl groups is 1. The molecule has 3 rings (SSSR count). The average molecular weight is 369 g/mol. The summed E-state index contributed by atoms with van der Waals surface area (Å²) in [6.45, 7) is 0.356. The lowest BCUT2D eigenvalue weighted by Crippen LogP contribution is -2.45. The molecule has 2 aromatic rings. The van der Waals surface area contributed by atoms with Crippen molar-refractivity contribution in [3.63, 3.8) is 0 Å². The Bertz CT molecular complexity index is 682. The second-order valence-electron chi connectivity index (χ2n) is 5.26. The average Bonchev–Trinajstić information content (AvgIpc) is 2.74. The van der Waals surface area contributed by atoms with Crippen LogP contribution < -0.4 is 5.73 Å². The van der Waals surface area contributed by atoms with E-state index in [9.17, 15) is 9.90 Å². The lowest BCUT2D eigenvalue weighted by Gasteiger charge is -2.37. The van der Waals surface area contributed by atoms with Crippen LogP contribution in [-0.2, 0) is 0 Å². The number of thiophene rings is 1. The number of hydrogen-bond donors (Lipinski definition) is 2. The van der Waals surface area contributed by atoms with Gasteiger partial charge in [-0.2, -0.15) is 0 Å². The Morgan fingerprint density at radius 2 is 2.24 bits per heavy atom. The fraction of sp³-hybridized carbons (Fsp3) is 0.400. The van der Waals surface area contributed by atoms with Crippen LogP contribution in [0.1, 0.15) is 28.9 Å². The molecule has 0 unspecified atom stereocenters. The molecule has 1 amide bonds. The summed E-state index contributed by atoms with van der Waals surface area (Å²) in [5.74, 6) is -0.0562. The molecule has 0 saturated heterocycles. The quantitative estimate of drug-likeness (QED) is 0.870. The third-order valence-corrected chi connectivity index (χ3v) is 5.83. The Labute approximate surface area is 135 Å². The maximum absolute atomic E-state index is 12.8. The van der Waals surface area contributed by atoms with E-state index in [0.717, 1.165) is 33.8 Å². The largest absolute Gasteiger partial charge is 0.397 e. The third-order valence-electron chi connectivity index (χ3n) is 4.01. The van der Waals surface area contributed by atoms with Gasteiger partial charge >= 0.3 is 0 Å². The summed E-state index contributed by atoms with van der Waals surface area (Å²) in [4.78, 5) is 15.2. The zero-order valence-electron chi connectivity index (χ0n) is 11.5. The van der Waals surface area contributed by atoms with Gasteiger partial charge in [0.1, 0.15) is 4.88 Å². The van der Waals surface area contributed by atoms with Crippen molar-refractivity contribution in [1.29, 1.82) is 0 Å². The molecule has 1 fully saturated rings. The number of aliphatic hydroxyl groups excluding tert-OH is 1. The van der Waals surface area contributed by atoms with E-state index in [1.165, 1.54) is 11.3 Å². The number of nitrogen functional groups attached to an aromatic ring is 1. The molecule has 6 heteroatoms. The molecule has 1 aromatic heterocycles. The molecule has 4 nitrogen and oxygen atoms in total. The first-order valence-corrected chi connectivity index (χ1v) is 8.62. The molecule has 0 spiro atoms. The van der Waals surface area contributed by atoms with Gasteiger partial charge in [-0.3, -0.25) is 4.79 Å². The SMILES string of the molecule is Nc1c(C(=O)N(CCO)C2CCC2)sc2cccc(Br)c12. The topological polar surface area (TPSA) is 66.6 Å². The number of nitrogens with zero attached hydrogens (tertiary/aromatic N) is 1. The van der Waals surface area contributed by atoms with Crippen LogP contribution in [0.3, 0.4) is 0 Å². The van der Waals surface area contributed by atoms with Crippen LogP contribution in [0.25, 0.3) is 10.1 Å². The van der Waals surface area contributed by atoms with Crippen molar-refractivity contribution in [3.05, 3.63) is 27.5 Å². The number of fused-ring (bicyclic) bond motifs is 1. The summed E-state index contributed by atoms with van der Waals surface area (Å²) in [5, 5.41) is 10.1. The van der Waals surface area contributed by atoms with Crippen molar-refractivity contribution in [1.82, 2.24) is 4.90 Å². The second-order valence-corrected chi connectivity index (χ2v) is 7.17. The smallest absolute Gasteiger partial charge is 0.266 e. The molecule has 1 saturated carbocycles. The number of nitrogens with two attached hydrogens (primary N) is 1. The Morgan fingerprint density at radius 3 is 2.81 bits per heavy atom. The van der Waals surface area contributed by atoms with E-state index in [0.29, 0.717) is 17.1 Å². The number of benzene rings is 1. The van der Waals surface area contributed by atoms with Crippen molar-refractivity contribution in [2.45, 2.75) is 25.3 Å². The first-order chi connectivity index (χ1) is 10.1. The highest BCUT2D eigenvalue weighted by molar-refractivity contribution is 9.10. The standard InChI is InChI=1S/C15H17BrN2O2S/c16-10-5-2-6-11-12(10)13(17)14(21-11)15(20)18(7-8-19)9-3-1-4-9/h2,5-6,9,19H,1,3-4,7-8,17H2. The highest BCUT2D eigenvalue weighted by atomic mass is 79.9. The summed E-state index contributed by atoms with van der Waals surface area (Å²) in [7, 11) is 0. The van der Waals surface area contributed by atoms with Gasteiger partial charge < -0.3 is 15.7 Å². The number of halogens is 1. The van der Waals surface area contributed by atoms with Gasteiger partial charge in [-0.05, 0) is 31.4 Å². The molecule has 112 valence electrons. The Hall–Kier alpha value is -1.11. The highest BCUT2D eigenvalue weighted by Crippen LogP contribution is 2.39. The van der Waals surface area contributed by atoms with Crippen LogP contribution in [-0.4, -0.2) is 35.1 Å². The molecule has 3 N–H and O–H groups in total. The molecular formula is C15H17BrN2O2S. The predicted molar refractivity (Wildman–Crippen MR) is 89.7 cm³/mol. The van der Waals surface area contributed by atoms with Gasteiger partial charge in [0.15, 0.2) is 0 Å². The lowest BCUT2D eigenvalue weighted by molar-refractivity contribution is 0.0531. The molecule has 1 aliphatic carbocycles. The Morgan fingerprint density at radius 1 is 1.48 bits per heavy atom. The van der Waals surface area contributed by atoms with Crippen LogP contribution in [0, 0.1) is 0 Å². The Kier molecular flexibility index (Phi) is 4.19. The molecule has 0 aliphatic heterocycles. The number of amides is 1. The summed E-state index contributed by atoms with van der Waals surface area (Å²) in [5.41, 5.74) is 6.74. The fourth-order valence-electron chi connectivity index (χ4n) is 2.67. The molecule has 1 heterocycles. The lowest BCUT2D eigenvalue weighted by atomic mass is 9.91. The maximum Gasteiger partial charge on any atom is 0.266 e. The van der Waals surface area contributed by atoms with E-state index in [4.69, 9.17) is 5.73 Å². The summed E-state index contributed by atoms with van der Waals surface area (Å²) >= 11 is 4.92. The number of carbonyl (C=O) groups excluding carboxylic acids is 1. The van der Waals surface area contributed by atoms with Crippen LogP contribution in [0.5, 0.6) is 0 Å². The fourth-order valence-corrected chi connectivity index (χ4v) is 4.49. The van der Waals surface area contributed by atoms with Crippen molar-refractivity contribution in [3.8, 4) is 0 Å². The molecule has 1 aromatic carbocycles. The predicted octanol–water partition coefficient (Wildman–Crippen LogP) is 3.23. The second kappa shape index (κ2) is 5.94. The normalized spacial score (nSPS) is 15.1. The van der Waals surface area contributed by atoms with E-state index in [1.807, 2.05) is 18.2 Å². The van der Waals surface area contributed by atoms with Gasteiger partial charge in [0, 0.05) is 27.1 Å². The van der Waals surface area contributed by atoms with Crippen molar-refractivity contribution in [2.24, 2.45) is 0 Å². The van der Waals surface area contributed by atoms with Crippen molar-refractivity contribution < 1.29 is 9.90 Å². The van der Waals surface area contributed by atoms with Crippen molar-refractivity contribution >= 4 is 48.9 Å². The summed E-state index contributed by atoms with van der Waals surface area (Å²) in [6.07, 6.45) is 3.17. The van der Waals surface area contributed by atoms with E-state index in [1.54, 1.807) is 4.90 Å². The molecule has 0 atom stereocenters. The molecule has 21 heavy (non-hydrogen) atoms. The molecule has 0 bridgehead atoms. The minimum Gasteiger partial charge on any atom is -0.397 e. The van der Waals surface area contributed by atoms with Gasteiger partial charge in [0.05, 0.1) is 12.3 Å². The van der Waals surface area contributed by atoms with Gasteiger partial charge in [0.2, 0.25) is 0 Å². The van der Waals surface area contributed by atoms with Crippen molar-refractivity contribution in [2.75, 3.05) is 18.9 Å². The van der Waals surface area contributed by atoms with Gasteiger partial charge in [-0.15, -0.1) is 11.3 Å².